The van der Waals surface area contributed by atoms with Crippen LogP contribution >= 0.6 is 0 Å². The number of aliphatic hydroxyl groups excluding tert-OH is 1. The molecule has 1 unspecified atom stereocenters. The van der Waals surface area contributed by atoms with Crippen molar-refractivity contribution in [3.63, 3.8) is 0 Å². The van der Waals surface area contributed by atoms with Gasteiger partial charge in [0.25, 0.3) is 5.56 Å². The van der Waals surface area contributed by atoms with E-state index in [9.17, 15) is 9.90 Å². The fourth-order valence-electron chi connectivity index (χ4n) is 2.23. The molecular weight excluding hydrogens is 280 g/mol. The molecule has 0 amide bonds. The van der Waals surface area contributed by atoms with Gasteiger partial charge >= 0.3 is 0 Å². The lowest BCUT2D eigenvalue weighted by Crippen LogP contribution is -2.31. The molecule has 2 rings (SSSR count). The minimum Gasteiger partial charge on any atom is -0.491 e. The summed E-state index contributed by atoms with van der Waals surface area (Å²) in [5.41, 5.74) is 3.38. The van der Waals surface area contributed by atoms with Crippen LogP contribution in [0.2, 0.25) is 0 Å². The lowest BCUT2D eigenvalue weighted by Gasteiger charge is -2.15. The molecule has 0 aliphatic rings. The molecule has 22 heavy (non-hydrogen) atoms. The Balaban J connectivity index is 2.00. The normalized spacial score (nSPS) is 12.2. The second kappa shape index (κ2) is 6.75. The topological polar surface area (TPSA) is 64.3 Å². The molecule has 0 saturated heterocycles. The van der Waals surface area contributed by atoms with Gasteiger partial charge in [0.05, 0.1) is 12.9 Å². The van der Waals surface area contributed by atoms with E-state index < -0.39 is 6.10 Å². The number of ether oxygens (including phenoxy) is 1. The molecule has 118 valence electrons. The van der Waals surface area contributed by atoms with Crippen LogP contribution in [0.4, 0.5) is 0 Å². The summed E-state index contributed by atoms with van der Waals surface area (Å²) in [6, 6.07) is 5.88. The molecule has 0 spiro atoms. The van der Waals surface area contributed by atoms with Gasteiger partial charge in [0, 0.05) is 11.3 Å². The summed E-state index contributed by atoms with van der Waals surface area (Å²) in [6.45, 7) is 7.80. The van der Waals surface area contributed by atoms with Gasteiger partial charge in [0.15, 0.2) is 0 Å². The van der Waals surface area contributed by atoms with Gasteiger partial charge < -0.3 is 9.84 Å². The van der Waals surface area contributed by atoms with Crippen LogP contribution in [0.3, 0.4) is 0 Å². The molecule has 1 aromatic carbocycles. The highest BCUT2D eigenvalue weighted by Gasteiger charge is 2.11. The Bertz CT molecular complexity index is 722. The molecule has 0 fully saturated rings. The lowest BCUT2D eigenvalue weighted by atomic mass is 10.1. The molecule has 0 aliphatic heterocycles. The van der Waals surface area contributed by atoms with Gasteiger partial charge in [0.2, 0.25) is 0 Å². The zero-order valence-electron chi connectivity index (χ0n) is 13.5. The SMILES string of the molecule is Cc1ccc(OCC(O)Cn2cnc(C)c(C)c2=O)c(C)c1. The van der Waals surface area contributed by atoms with E-state index in [2.05, 4.69) is 4.98 Å². The Kier molecular flexibility index (Phi) is 4.98. The summed E-state index contributed by atoms with van der Waals surface area (Å²) in [7, 11) is 0. The van der Waals surface area contributed by atoms with E-state index in [0.717, 1.165) is 16.9 Å². The highest BCUT2D eigenvalue weighted by atomic mass is 16.5. The molecule has 0 saturated carbocycles. The van der Waals surface area contributed by atoms with Crippen LogP contribution in [0.5, 0.6) is 5.75 Å². The number of benzene rings is 1. The van der Waals surface area contributed by atoms with Crippen LogP contribution in [0.15, 0.2) is 29.3 Å². The highest BCUT2D eigenvalue weighted by molar-refractivity contribution is 5.35. The maximum absolute atomic E-state index is 12.1. The Hall–Kier alpha value is -2.14. The van der Waals surface area contributed by atoms with Crippen molar-refractivity contribution >= 4 is 0 Å². The van der Waals surface area contributed by atoms with Crippen molar-refractivity contribution in [2.75, 3.05) is 6.61 Å². The van der Waals surface area contributed by atoms with Gasteiger partial charge in [0.1, 0.15) is 18.5 Å². The monoisotopic (exact) mass is 302 g/mol. The van der Waals surface area contributed by atoms with E-state index in [0.29, 0.717) is 11.3 Å². The summed E-state index contributed by atoms with van der Waals surface area (Å²) in [6.07, 6.45) is 0.688. The second-order valence-corrected chi connectivity index (χ2v) is 5.65. The molecule has 0 bridgehead atoms. The number of aliphatic hydroxyl groups is 1. The summed E-state index contributed by atoms with van der Waals surface area (Å²) in [5, 5.41) is 10.1. The van der Waals surface area contributed by atoms with Gasteiger partial charge in [-0.3, -0.25) is 9.36 Å². The molecule has 5 nitrogen and oxygen atoms in total. The van der Waals surface area contributed by atoms with Crippen LogP contribution < -0.4 is 10.3 Å². The van der Waals surface area contributed by atoms with Crippen LogP contribution in [0.1, 0.15) is 22.4 Å². The number of hydrogen-bond donors (Lipinski definition) is 1. The molecule has 1 aromatic heterocycles. The molecule has 1 atom stereocenters. The summed E-state index contributed by atoms with van der Waals surface area (Å²) < 4.78 is 7.05. The Morgan fingerprint density at radius 2 is 2.00 bits per heavy atom. The maximum Gasteiger partial charge on any atom is 0.256 e. The second-order valence-electron chi connectivity index (χ2n) is 5.65. The van der Waals surface area contributed by atoms with Crippen molar-refractivity contribution in [2.45, 2.75) is 40.3 Å². The van der Waals surface area contributed by atoms with E-state index in [1.165, 1.54) is 10.9 Å². The van der Waals surface area contributed by atoms with Gasteiger partial charge in [-0.25, -0.2) is 4.98 Å². The maximum atomic E-state index is 12.1. The quantitative estimate of drug-likeness (QED) is 0.916. The number of aromatic nitrogens is 2. The van der Waals surface area contributed by atoms with Crippen molar-refractivity contribution in [2.24, 2.45) is 0 Å². The molecule has 0 aliphatic carbocycles. The zero-order valence-corrected chi connectivity index (χ0v) is 13.5. The summed E-state index contributed by atoms with van der Waals surface area (Å²) in [4.78, 5) is 16.2. The molecule has 0 radical (unpaired) electrons. The predicted molar refractivity (Wildman–Crippen MR) is 85.4 cm³/mol. The van der Waals surface area contributed by atoms with E-state index in [1.807, 2.05) is 32.0 Å². The number of rotatable bonds is 5. The first kappa shape index (κ1) is 16.2. The largest absolute Gasteiger partial charge is 0.491 e. The average Bonchev–Trinajstić information content (AvgIpc) is 2.47. The van der Waals surface area contributed by atoms with Crippen molar-refractivity contribution in [1.82, 2.24) is 9.55 Å². The van der Waals surface area contributed by atoms with Crippen LogP contribution in [0, 0.1) is 27.7 Å². The Labute approximate surface area is 130 Å². The summed E-state index contributed by atoms with van der Waals surface area (Å²) >= 11 is 0. The van der Waals surface area contributed by atoms with Crippen LogP contribution in [-0.4, -0.2) is 27.4 Å². The third kappa shape index (κ3) is 3.74. The number of aryl methyl sites for hydroxylation is 3. The van der Waals surface area contributed by atoms with E-state index in [1.54, 1.807) is 13.8 Å². The molecule has 1 heterocycles. The van der Waals surface area contributed by atoms with Crippen LogP contribution in [-0.2, 0) is 6.54 Å². The van der Waals surface area contributed by atoms with Crippen molar-refractivity contribution < 1.29 is 9.84 Å². The van der Waals surface area contributed by atoms with E-state index in [4.69, 9.17) is 4.74 Å². The Morgan fingerprint density at radius 3 is 2.68 bits per heavy atom. The number of hydrogen-bond acceptors (Lipinski definition) is 4. The lowest BCUT2D eigenvalue weighted by molar-refractivity contribution is 0.0909. The van der Waals surface area contributed by atoms with E-state index >= 15 is 0 Å². The average molecular weight is 302 g/mol. The minimum atomic E-state index is -0.776. The van der Waals surface area contributed by atoms with Gasteiger partial charge in [-0.15, -0.1) is 0 Å². The minimum absolute atomic E-state index is 0.127. The van der Waals surface area contributed by atoms with E-state index in [-0.39, 0.29) is 18.7 Å². The fourth-order valence-corrected chi connectivity index (χ4v) is 2.23. The van der Waals surface area contributed by atoms with Gasteiger partial charge in [-0.2, -0.15) is 0 Å². The van der Waals surface area contributed by atoms with Gasteiger partial charge in [-0.1, -0.05) is 17.7 Å². The Morgan fingerprint density at radius 1 is 1.27 bits per heavy atom. The molecule has 5 heteroatoms. The van der Waals surface area contributed by atoms with Crippen molar-refractivity contribution in [1.29, 1.82) is 0 Å². The highest BCUT2D eigenvalue weighted by Crippen LogP contribution is 2.18. The molecular formula is C17H22N2O3. The number of nitrogens with zero attached hydrogens (tertiary/aromatic N) is 2. The standard InChI is InChI=1S/C17H22N2O3/c1-11-5-6-16(12(2)7-11)22-9-15(20)8-19-10-18-14(4)13(3)17(19)21/h5-7,10,15,20H,8-9H2,1-4H3. The fraction of sp³-hybridized carbons (Fsp3) is 0.412. The summed E-state index contributed by atoms with van der Waals surface area (Å²) in [5.74, 6) is 0.746. The zero-order chi connectivity index (χ0) is 16.3. The third-order valence-electron chi connectivity index (χ3n) is 3.68. The van der Waals surface area contributed by atoms with Crippen molar-refractivity contribution in [3.8, 4) is 5.75 Å². The first-order chi connectivity index (χ1) is 10.4. The third-order valence-corrected chi connectivity index (χ3v) is 3.68. The first-order valence-corrected chi connectivity index (χ1v) is 7.29. The van der Waals surface area contributed by atoms with Gasteiger partial charge in [-0.05, 0) is 39.3 Å². The molecule has 2 aromatic rings. The first-order valence-electron chi connectivity index (χ1n) is 7.29. The smallest absolute Gasteiger partial charge is 0.256 e. The predicted octanol–water partition coefficient (Wildman–Crippen LogP) is 1.92. The van der Waals surface area contributed by atoms with Crippen molar-refractivity contribution in [3.05, 3.63) is 57.3 Å². The van der Waals surface area contributed by atoms with Crippen LogP contribution in [0.25, 0.3) is 0 Å². The molecule has 1 N–H and O–H groups in total.